The lowest BCUT2D eigenvalue weighted by atomic mass is 10.3. The first-order chi connectivity index (χ1) is 11.2. The first-order valence-electron chi connectivity index (χ1n) is 6.73. The number of amidine groups is 1. The normalized spacial score (nSPS) is 18.1. The van der Waals surface area contributed by atoms with Crippen LogP contribution in [-0.2, 0) is 4.79 Å². The average molecular weight is 362 g/mol. The minimum absolute atomic E-state index is 0.0766. The maximum Gasteiger partial charge on any atom is 0.267 e. The van der Waals surface area contributed by atoms with Crippen molar-refractivity contribution in [3.63, 3.8) is 0 Å². The van der Waals surface area contributed by atoms with Crippen LogP contribution in [0.15, 0.2) is 58.5 Å². The van der Waals surface area contributed by atoms with Crippen molar-refractivity contribution in [3.05, 3.63) is 63.4 Å². The molecule has 0 bridgehead atoms. The number of thioether (sulfide) groups is 1. The third-order valence-electron chi connectivity index (χ3n) is 2.98. The summed E-state index contributed by atoms with van der Waals surface area (Å²) >= 11 is 9.02. The Morgan fingerprint density at radius 2 is 2.30 bits per heavy atom. The molecule has 23 heavy (non-hydrogen) atoms. The summed E-state index contributed by atoms with van der Waals surface area (Å²) in [5.41, 5.74) is 0.586. The highest BCUT2D eigenvalue weighted by molar-refractivity contribution is 8.18. The molecule has 1 amide bonds. The first kappa shape index (κ1) is 16.0. The van der Waals surface area contributed by atoms with Gasteiger partial charge in [-0.2, -0.15) is 0 Å². The molecule has 0 spiro atoms. The van der Waals surface area contributed by atoms with Gasteiger partial charge in [0.2, 0.25) is 0 Å². The molecule has 0 aliphatic carbocycles. The SMILES string of the molecule is C=CCN1C(=O)/C(=C\c2cccs2)SC1=Nc1ccncc1Cl. The number of carbonyl (C=O) groups is 1. The quantitative estimate of drug-likeness (QED) is 0.591. The molecule has 116 valence electrons. The standard InChI is InChI=1S/C16H12ClN3OS2/c1-2-7-20-15(21)14(9-11-4-3-8-22-11)23-16(20)19-13-5-6-18-10-12(13)17/h2-6,8-10H,1,7H2/b14-9+,19-16?. The van der Waals surface area contributed by atoms with Crippen LogP contribution in [0.4, 0.5) is 5.69 Å². The molecule has 2 aromatic rings. The molecule has 4 nitrogen and oxygen atoms in total. The summed E-state index contributed by atoms with van der Waals surface area (Å²) < 4.78 is 0. The first-order valence-corrected chi connectivity index (χ1v) is 8.80. The molecule has 2 aromatic heterocycles. The summed E-state index contributed by atoms with van der Waals surface area (Å²) in [6.07, 6.45) is 6.70. The Hall–Kier alpha value is -1.89. The van der Waals surface area contributed by atoms with Gasteiger partial charge in [0, 0.05) is 23.8 Å². The molecule has 0 aromatic carbocycles. The second-order valence-electron chi connectivity index (χ2n) is 4.55. The minimum atomic E-state index is -0.0766. The predicted octanol–water partition coefficient (Wildman–Crippen LogP) is 4.59. The van der Waals surface area contributed by atoms with Gasteiger partial charge < -0.3 is 0 Å². The lowest BCUT2D eigenvalue weighted by Gasteiger charge is -2.12. The molecule has 0 radical (unpaired) electrons. The number of hydrogen-bond acceptors (Lipinski definition) is 5. The van der Waals surface area contributed by atoms with Crippen LogP contribution in [0.5, 0.6) is 0 Å². The van der Waals surface area contributed by atoms with Gasteiger partial charge in [-0.05, 0) is 35.4 Å². The molecular weight excluding hydrogens is 350 g/mol. The van der Waals surface area contributed by atoms with Crippen molar-refractivity contribution in [2.75, 3.05) is 6.54 Å². The number of thiophene rings is 1. The number of halogens is 1. The Kier molecular flexibility index (Phi) is 4.95. The number of carbonyl (C=O) groups excluding carboxylic acids is 1. The van der Waals surface area contributed by atoms with E-state index in [1.807, 2.05) is 23.6 Å². The van der Waals surface area contributed by atoms with E-state index in [2.05, 4.69) is 16.6 Å². The van der Waals surface area contributed by atoms with E-state index in [4.69, 9.17) is 11.6 Å². The summed E-state index contributed by atoms with van der Waals surface area (Å²) in [5, 5.41) is 3.01. The van der Waals surface area contributed by atoms with E-state index in [1.54, 1.807) is 34.6 Å². The molecule has 0 unspecified atom stereocenters. The van der Waals surface area contributed by atoms with Gasteiger partial charge in [-0.25, -0.2) is 4.99 Å². The fraction of sp³-hybridized carbons (Fsp3) is 0.0625. The van der Waals surface area contributed by atoms with Gasteiger partial charge in [-0.3, -0.25) is 14.7 Å². The Balaban J connectivity index is 1.97. The van der Waals surface area contributed by atoms with Crippen molar-refractivity contribution in [2.45, 2.75) is 0 Å². The van der Waals surface area contributed by atoms with Crippen LogP contribution in [0, 0.1) is 0 Å². The van der Waals surface area contributed by atoms with Crippen molar-refractivity contribution < 1.29 is 4.79 Å². The molecule has 0 atom stereocenters. The largest absolute Gasteiger partial charge is 0.283 e. The highest BCUT2D eigenvalue weighted by Gasteiger charge is 2.32. The smallest absolute Gasteiger partial charge is 0.267 e. The van der Waals surface area contributed by atoms with Gasteiger partial charge >= 0.3 is 0 Å². The number of aromatic nitrogens is 1. The third-order valence-corrected chi connectivity index (χ3v) is 5.10. The molecule has 0 saturated carbocycles. The monoisotopic (exact) mass is 361 g/mol. The van der Waals surface area contributed by atoms with Gasteiger partial charge in [0.15, 0.2) is 5.17 Å². The van der Waals surface area contributed by atoms with Crippen molar-refractivity contribution in [3.8, 4) is 0 Å². The molecule has 1 fully saturated rings. The fourth-order valence-corrected chi connectivity index (χ4v) is 3.83. The second-order valence-corrected chi connectivity index (χ2v) is 6.95. The molecule has 1 aliphatic heterocycles. The average Bonchev–Trinajstić information content (AvgIpc) is 3.14. The van der Waals surface area contributed by atoms with Crippen molar-refractivity contribution in [1.29, 1.82) is 0 Å². The van der Waals surface area contributed by atoms with Crippen LogP contribution >= 0.6 is 34.7 Å². The van der Waals surface area contributed by atoms with E-state index < -0.39 is 0 Å². The number of hydrogen-bond donors (Lipinski definition) is 0. The highest BCUT2D eigenvalue weighted by atomic mass is 35.5. The highest BCUT2D eigenvalue weighted by Crippen LogP contribution is 2.35. The van der Waals surface area contributed by atoms with Crippen molar-refractivity contribution >= 4 is 57.5 Å². The van der Waals surface area contributed by atoms with Crippen LogP contribution in [0.2, 0.25) is 5.02 Å². The fourth-order valence-electron chi connectivity index (χ4n) is 1.95. The topological polar surface area (TPSA) is 45.6 Å². The van der Waals surface area contributed by atoms with Gasteiger partial charge in [0.05, 0.1) is 15.6 Å². The minimum Gasteiger partial charge on any atom is -0.283 e. The van der Waals surface area contributed by atoms with Crippen LogP contribution in [0.3, 0.4) is 0 Å². The van der Waals surface area contributed by atoms with E-state index >= 15 is 0 Å². The Morgan fingerprint density at radius 3 is 3.00 bits per heavy atom. The van der Waals surface area contributed by atoms with Crippen molar-refractivity contribution in [1.82, 2.24) is 9.88 Å². The molecule has 7 heteroatoms. The lowest BCUT2D eigenvalue weighted by Crippen LogP contribution is -2.29. The number of pyridine rings is 1. The van der Waals surface area contributed by atoms with Crippen LogP contribution in [0.1, 0.15) is 4.88 Å². The maximum atomic E-state index is 12.6. The van der Waals surface area contributed by atoms with Crippen LogP contribution in [-0.4, -0.2) is 27.5 Å². The molecule has 3 heterocycles. The predicted molar refractivity (Wildman–Crippen MR) is 98.1 cm³/mol. The zero-order valence-electron chi connectivity index (χ0n) is 12.0. The third kappa shape index (κ3) is 3.55. The zero-order chi connectivity index (χ0) is 16.2. The maximum absolute atomic E-state index is 12.6. The lowest BCUT2D eigenvalue weighted by molar-refractivity contribution is -0.121. The molecule has 1 aliphatic rings. The van der Waals surface area contributed by atoms with Crippen LogP contribution < -0.4 is 0 Å². The summed E-state index contributed by atoms with van der Waals surface area (Å²) in [7, 11) is 0. The number of rotatable bonds is 4. The molecule has 1 saturated heterocycles. The van der Waals surface area contributed by atoms with E-state index in [9.17, 15) is 4.79 Å². The van der Waals surface area contributed by atoms with E-state index in [0.717, 1.165) is 4.88 Å². The second kappa shape index (κ2) is 7.12. The number of aliphatic imine (C=N–C) groups is 1. The Labute approximate surface area is 147 Å². The molecule has 3 rings (SSSR count). The van der Waals surface area contributed by atoms with E-state index in [-0.39, 0.29) is 5.91 Å². The number of nitrogens with zero attached hydrogens (tertiary/aromatic N) is 3. The van der Waals surface area contributed by atoms with Crippen LogP contribution in [0.25, 0.3) is 6.08 Å². The number of amides is 1. The van der Waals surface area contributed by atoms with E-state index in [1.165, 1.54) is 18.0 Å². The van der Waals surface area contributed by atoms with Crippen molar-refractivity contribution in [2.24, 2.45) is 4.99 Å². The van der Waals surface area contributed by atoms with Gasteiger partial charge in [-0.15, -0.1) is 17.9 Å². The van der Waals surface area contributed by atoms with Gasteiger partial charge in [-0.1, -0.05) is 23.7 Å². The Morgan fingerprint density at radius 1 is 1.43 bits per heavy atom. The van der Waals surface area contributed by atoms with E-state index in [0.29, 0.717) is 27.3 Å². The zero-order valence-corrected chi connectivity index (χ0v) is 14.4. The molecule has 0 N–H and O–H groups in total. The molecular formula is C16H12ClN3OS2. The summed E-state index contributed by atoms with van der Waals surface area (Å²) in [6, 6.07) is 5.64. The summed E-state index contributed by atoms with van der Waals surface area (Å²) in [5.74, 6) is -0.0766. The summed E-state index contributed by atoms with van der Waals surface area (Å²) in [6.45, 7) is 4.10. The Bertz CT molecular complexity index is 799. The van der Waals surface area contributed by atoms with Gasteiger partial charge in [0.1, 0.15) is 0 Å². The summed E-state index contributed by atoms with van der Waals surface area (Å²) in [4.78, 5) is 24.3. The van der Waals surface area contributed by atoms with Gasteiger partial charge in [0.25, 0.3) is 5.91 Å².